The summed E-state index contributed by atoms with van der Waals surface area (Å²) in [6, 6.07) is -0.279. The van der Waals surface area contributed by atoms with Crippen LogP contribution in [0.2, 0.25) is 0 Å². The Labute approximate surface area is 128 Å². The van der Waals surface area contributed by atoms with Gasteiger partial charge in [0, 0.05) is 31.5 Å². The van der Waals surface area contributed by atoms with Crippen LogP contribution in [0.3, 0.4) is 0 Å². The van der Waals surface area contributed by atoms with E-state index in [-0.39, 0.29) is 24.0 Å². The van der Waals surface area contributed by atoms with Crippen molar-refractivity contribution in [3.05, 3.63) is 0 Å². The van der Waals surface area contributed by atoms with Crippen LogP contribution in [0, 0.1) is 0 Å². The normalized spacial score (nSPS) is 37.6. The first kappa shape index (κ1) is 15.1. The van der Waals surface area contributed by atoms with Gasteiger partial charge in [0.05, 0.1) is 18.1 Å². The number of aliphatic carboxylic acids is 1. The fourth-order valence-electron chi connectivity index (χ4n) is 3.69. The first-order valence-corrected chi connectivity index (χ1v) is 8.72. The van der Waals surface area contributed by atoms with Crippen molar-refractivity contribution < 1.29 is 19.4 Å². The molecule has 3 fully saturated rings. The summed E-state index contributed by atoms with van der Waals surface area (Å²) in [5.74, 6) is 1.09. The predicted molar refractivity (Wildman–Crippen MR) is 79.4 cm³/mol. The molecular weight excluding hydrogens is 292 g/mol. The second-order valence-corrected chi connectivity index (χ2v) is 7.23. The third-order valence-corrected chi connectivity index (χ3v) is 5.97. The van der Waals surface area contributed by atoms with Crippen molar-refractivity contribution in [1.29, 1.82) is 0 Å². The topological polar surface area (TPSA) is 78.9 Å². The minimum Gasteiger partial charge on any atom is -0.481 e. The zero-order chi connectivity index (χ0) is 14.9. The first-order chi connectivity index (χ1) is 10.1. The predicted octanol–water partition coefficient (Wildman–Crippen LogP) is 0.316. The number of hydrogen-bond donors (Lipinski definition) is 2. The summed E-state index contributed by atoms with van der Waals surface area (Å²) in [7, 11) is 0. The maximum absolute atomic E-state index is 12.0. The third-order valence-electron chi connectivity index (χ3n) is 4.74. The van der Waals surface area contributed by atoms with Gasteiger partial charge in [0.2, 0.25) is 5.91 Å². The zero-order valence-corrected chi connectivity index (χ0v) is 12.9. The first-order valence-electron chi connectivity index (χ1n) is 7.57. The van der Waals surface area contributed by atoms with E-state index >= 15 is 0 Å². The quantitative estimate of drug-likeness (QED) is 0.781. The van der Waals surface area contributed by atoms with Crippen molar-refractivity contribution >= 4 is 23.6 Å². The number of nitrogens with zero attached hydrogens (tertiary/aromatic N) is 1. The molecule has 3 aliphatic rings. The van der Waals surface area contributed by atoms with Gasteiger partial charge in [-0.3, -0.25) is 14.5 Å². The lowest BCUT2D eigenvalue weighted by atomic mass is 9.87. The maximum Gasteiger partial charge on any atom is 0.305 e. The van der Waals surface area contributed by atoms with E-state index in [9.17, 15) is 9.59 Å². The molecule has 6 nitrogen and oxygen atoms in total. The van der Waals surface area contributed by atoms with E-state index < -0.39 is 12.0 Å². The van der Waals surface area contributed by atoms with Crippen LogP contribution in [-0.2, 0) is 14.3 Å². The van der Waals surface area contributed by atoms with Gasteiger partial charge in [-0.1, -0.05) is 0 Å². The smallest absolute Gasteiger partial charge is 0.305 e. The van der Waals surface area contributed by atoms with Crippen LogP contribution in [0.4, 0.5) is 0 Å². The van der Waals surface area contributed by atoms with E-state index in [0.717, 1.165) is 37.3 Å². The van der Waals surface area contributed by atoms with Crippen molar-refractivity contribution in [3.8, 4) is 0 Å². The lowest BCUT2D eigenvalue weighted by molar-refractivity contribution is -0.147. The van der Waals surface area contributed by atoms with Gasteiger partial charge in [-0.2, -0.15) is 11.8 Å². The molecule has 21 heavy (non-hydrogen) atoms. The Kier molecular flexibility index (Phi) is 4.42. The maximum atomic E-state index is 12.0. The number of nitrogens with one attached hydrogen (secondary N) is 1. The second-order valence-electron chi connectivity index (χ2n) is 6.12. The van der Waals surface area contributed by atoms with Crippen LogP contribution in [-0.4, -0.2) is 70.8 Å². The Morgan fingerprint density at radius 3 is 3.14 bits per heavy atom. The standard InChI is InChI=1S/C14H22N2O4S/c17-12(18)7-11-13(19)15-3-4-16(11)10-1-5-20-14(8-10)2-6-21-9-14/h10-11H,1-9H2,(H,15,19)(H,17,18). The molecule has 3 saturated heterocycles. The third kappa shape index (κ3) is 3.19. The lowest BCUT2D eigenvalue weighted by Gasteiger charge is -2.46. The SMILES string of the molecule is O=C(O)CC1C(=O)NCCN1C1CCOC2(CCSC2)C1. The number of hydrogen-bond acceptors (Lipinski definition) is 5. The van der Waals surface area contributed by atoms with Gasteiger partial charge >= 0.3 is 5.97 Å². The van der Waals surface area contributed by atoms with Gasteiger partial charge in [-0.25, -0.2) is 0 Å². The number of carbonyl (C=O) groups excluding carboxylic acids is 1. The van der Waals surface area contributed by atoms with Gasteiger partial charge in [0.25, 0.3) is 0 Å². The van der Waals surface area contributed by atoms with Crippen molar-refractivity contribution in [2.75, 3.05) is 31.2 Å². The molecule has 0 bridgehead atoms. The van der Waals surface area contributed by atoms with Crippen LogP contribution in [0.1, 0.15) is 25.7 Å². The van der Waals surface area contributed by atoms with E-state index in [4.69, 9.17) is 9.84 Å². The van der Waals surface area contributed by atoms with E-state index in [2.05, 4.69) is 10.2 Å². The number of carboxylic acids is 1. The van der Waals surface area contributed by atoms with Gasteiger partial charge < -0.3 is 15.2 Å². The van der Waals surface area contributed by atoms with Crippen LogP contribution in [0.5, 0.6) is 0 Å². The number of amides is 1. The summed E-state index contributed by atoms with van der Waals surface area (Å²) in [6.07, 6.45) is 2.75. The molecule has 0 aromatic rings. The molecule has 0 saturated carbocycles. The molecule has 3 aliphatic heterocycles. The number of piperazine rings is 1. The molecule has 1 amide bonds. The summed E-state index contributed by atoms with van der Waals surface area (Å²) in [5.41, 5.74) is -0.0463. The molecule has 2 N–H and O–H groups in total. The van der Waals surface area contributed by atoms with Crippen LogP contribution >= 0.6 is 11.8 Å². The summed E-state index contributed by atoms with van der Waals surface area (Å²) in [5, 5.41) is 11.9. The molecule has 3 rings (SSSR count). The Balaban J connectivity index is 1.73. The zero-order valence-electron chi connectivity index (χ0n) is 12.0. The Bertz CT molecular complexity index is 425. The fourth-order valence-corrected chi connectivity index (χ4v) is 5.07. The monoisotopic (exact) mass is 314 g/mol. The van der Waals surface area contributed by atoms with Crippen LogP contribution in [0.15, 0.2) is 0 Å². The molecule has 7 heteroatoms. The van der Waals surface area contributed by atoms with Crippen molar-refractivity contribution in [1.82, 2.24) is 10.2 Å². The van der Waals surface area contributed by atoms with Gasteiger partial charge in [0.15, 0.2) is 0 Å². The minimum atomic E-state index is -0.916. The molecule has 3 heterocycles. The highest BCUT2D eigenvalue weighted by atomic mass is 32.2. The molecule has 1 spiro atoms. The number of carboxylic acid groups (broad SMARTS) is 1. The Morgan fingerprint density at radius 1 is 1.57 bits per heavy atom. The Morgan fingerprint density at radius 2 is 2.43 bits per heavy atom. The highest BCUT2D eigenvalue weighted by Crippen LogP contribution is 2.40. The molecule has 0 radical (unpaired) electrons. The fraction of sp³-hybridized carbons (Fsp3) is 0.857. The van der Waals surface area contributed by atoms with Crippen LogP contribution < -0.4 is 5.32 Å². The average Bonchev–Trinajstić information content (AvgIpc) is 2.88. The number of carbonyl (C=O) groups is 2. The number of ether oxygens (including phenoxy) is 1. The van der Waals surface area contributed by atoms with E-state index in [1.807, 2.05) is 11.8 Å². The molecule has 0 aromatic carbocycles. The number of rotatable bonds is 3. The highest BCUT2D eigenvalue weighted by Gasteiger charge is 2.45. The minimum absolute atomic E-state index is 0.0463. The summed E-state index contributed by atoms with van der Waals surface area (Å²) in [4.78, 5) is 25.2. The molecule has 3 atom stereocenters. The van der Waals surface area contributed by atoms with Crippen LogP contribution in [0.25, 0.3) is 0 Å². The van der Waals surface area contributed by atoms with E-state index in [1.165, 1.54) is 0 Å². The summed E-state index contributed by atoms with van der Waals surface area (Å²) < 4.78 is 6.03. The second kappa shape index (κ2) is 6.14. The summed E-state index contributed by atoms with van der Waals surface area (Å²) >= 11 is 1.92. The Hall–Kier alpha value is -0.790. The van der Waals surface area contributed by atoms with Crippen molar-refractivity contribution in [3.63, 3.8) is 0 Å². The molecule has 118 valence electrons. The highest BCUT2D eigenvalue weighted by molar-refractivity contribution is 7.99. The number of thioether (sulfide) groups is 1. The average molecular weight is 314 g/mol. The molecular formula is C14H22N2O4S. The molecule has 0 aromatic heterocycles. The molecule has 3 unspecified atom stereocenters. The van der Waals surface area contributed by atoms with Gasteiger partial charge in [-0.15, -0.1) is 0 Å². The summed E-state index contributed by atoms with van der Waals surface area (Å²) in [6.45, 7) is 2.05. The lowest BCUT2D eigenvalue weighted by Crippen LogP contribution is -2.61. The van der Waals surface area contributed by atoms with E-state index in [0.29, 0.717) is 13.2 Å². The van der Waals surface area contributed by atoms with Gasteiger partial charge in [-0.05, 0) is 25.0 Å². The largest absolute Gasteiger partial charge is 0.481 e. The van der Waals surface area contributed by atoms with E-state index in [1.54, 1.807) is 0 Å². The van der Waals surface area contributed by atoms with Crippen molar-refractivity contribution in [2.24, 2.45) is 0 Å². The van der Waals surface area contributed by atoms with Crippen molar-refractivity contribution in [2.45, 2.75) is 43.4 Å². The molecule has 0 aliphatic carbocycles. The van der Waals surface area contributed by atoms with Gasteiger partial charge in [0.1, 0.15) is 0 Å².